The molecule has 3 aromatic rings. The average molecular weight is 404 g/mol. The van der Waals surface area contributed by atoms with Gasteiger partial charge in [0, 0.05) is 16.8 Å². The van der Waals surface area contributed by atoms with Crippen molar-refractivity contribution in [1.29, 1.82) is 0 Å². The minimum absolute atomic E-state index is 0.274. The minimum atomic E-state index is -0.461. The number of ether oxygens (including phenoxy) is 1. The number of rotatable bonds is 4. The van der Waals surface area contributed by atoms with Crippen LogP contribution in [0.5, 0.6) is 5.75 Å². The average Bonchev–Trinajstić information content (AvgIpc) is 3.23. The number of methoxy groups -OCH3 is 1. The quantitative estimate of drug-likeness (QED) is 0.531. The van der Waals surface area contributed by atoms with Crippen LogP contribution < -0.4 is 10.1 Å². The molecule has 0 unspecified atom stereocenters. The maximum atomic E-state index is 12.7. The highest BCUT2D eigenvalue weighted by atomic mass is 16.5. The van der Waals surface area contributed by atoms with E-state index >= 15 is 0 Å². The molecule has 7 heteroatoms. The maximum absolute atomic E-state index is 12.7. The van der Waals surface area contributed by atoms with E-state index < -0.39 is 5.91 Å². The van der Waals surface area contributed by atoms with Gasteiger partial charge in [-0.15, -0.1) is 0 Å². The molecule has 1 fully saturated rings. The van der Waals surface area contributed by atoms with Gasteiger partial charge in [0.2, 0.25) is 17.7 Å². The molecule has 7 nitrogen and oxygen atoms in total. The number of hydrogen-bond donors (Lipinski definition) is 1. The molecule has 3 amide bonds. The van der Waals surface area contributed by atoms with E-state index in [-0.39, 0.29) is 30.2 Å². The Morgan fingerprint density at radius 2 is 1.77 bits per heavy atom. The van der Waals surface area contributed by atoms with Gasteiger partial charge in [0.05, 0.1) is 24.6 Å². The summed E-state index contributed by atoms with van der Waals surface area (Å²) in [6.45, 7) is -0.314. The van der Waals surface area contributed by atoms with Crippen LogP contribution in [0.3, 0.4) is 0 Å². The van der Waals surface area contributed by atoms with E-state index in [1.165, 1.54) is 7.11 Å². The standard InChI is InChI=1S/C23H20N2O5/c1-29-20-10-16-13-6-4-5-9-18(13)30-19(16)11-17(20)24-21(26)12-25-22(27)14-7-2-3-8-15(14)23(25)28/h2-6,9-11,14-15H,7-8,12H2,1H3,(H,24,26)/t14-,15-/m0/s1. The molecule has 1 saturated heterocycles. The topological polar surface area (TPSA) is 88.9 Å². The van der Waals surface area contributed by atoms with Crippen molar-refractivity contribution in [2.75, 3.05) is 19.0 Å². The first-order valence-electron chi connectivity index (χ1n) is 9.86. The summed E-state index contributed by atoms with van der Waals surface area (Å²) in [6.07, 6.45) is 4.93. The highest BCUT2D eigenvalue weighted by Crippen LogP contribution is 2.37. The number of likely N-dealkylation sites (tertiary alicyclic amines) is 1. The van der Waals surface area contributed by atoms with Gasteiger partial charge >= 0.3 is 0 Å². The summed E-state index contributed by atoms with van der Waals surface area (Å²) in [5, 5.41) is 4.59. The molecular weight excluding hydrogens is 384 g/mol. The Balaban J connectivity index is 1.40. The summed E-state index contributed by atoms with van der Waals surface area (Å²) in [7, 11) is 1.52. The molecular formula is C23H20N2O5. The van der Waals surface area contributed by atoms with Crippen molar-refractivity contribution in [3.05, 3.63) is 48.6 Å². The molecule has 1 N–H and O–H groups in total. The minimum Gasteiger partial charge on any atom is -0.495 e. The Kier molecular flexibility index (Phi) is 4.31. The van der Waals surface area contributed by atoms with Gasteiger partial charge in [0.1, 0.15) is 23.5 Å². The molecule has 2 atom stereocenters. The Morgan fingerprint density at radius 1 is 1.07 bits per heavy atom. The SMILES string of the molecule is COc1cc2c(cc1NC(=O)CN1C(=O)[C@H]3CC=CC[C@@H]3C1=O)oc1ccccc12. The highest BCUT2D eigenvalue weighted by Gasteiger charge is 2.47. The maximum Gasteiger partial charge on any atom is 0.244 e. The lowest BCUT2D eigenvalue weighted by Crippen LogP contribution is -2.38. The largest absolute Gasteiger partial charge is 0.495 e. The fourth-order valence-electron chi connectivity index (χ4n) is 4.38. The number of nitrogens with one attached hydrogen (secondary N) is 1. The number of nitrogens with zero attached hydrogens (tertiary/aromatic N) is 1. The lowest BCUT2D eigenvalue weighted by Gasteiger charge is -2.15. The molecule has 0 bridgehead atoms. The van der Waals surface area contributed by atoms with Crippen molar-refractivity contribution in [2.45, 2.75) is 12.8 Å². The fraction of sp³-hybridized carbons (Fsp3) is 0.261. The molecule has 1 aromatic heterocycles. The summed E-state index contributed by atoms with van der Waals surface area (Å²) in [6, 6.07) is 11.2. The second-order valence-electron chi connectivity index (χ2n) is 7.61. The van der Waals surface area contributed by atoms with Crippen LogP contribution in [0.1, 0.15) is 12.8 Å². The van der Waals surface area contributed by atoms with Crippen LogP contribution in [0.4, 0.5) is 5.69 Å². The van der Waals surface area contributed by atoms with E-state index in [2.05, 4.69) is 5.32 Å². The fourth-order valence-corrected chi connectivity index (χ4v) is 4.38. The van der Waals surface area contributed by atoms with Crippen LogP contribution in [0.15, 0.2) is 53.0 Å². The lowest BCUT2D eigenvalue weighted by molar-refractivity contribution is -0.142. The molecule has 2 heterocycles. The number of furan rings is 1. The van der Waals surface area contributed by atoms with Gasteiger partial charge in [-0.25, -0.2) is 0 Å². The molecule has 2 aliphatic rings. The van der Waals surface area contributed by atoms with Crippen LogP contribution in [-0.2, 0) is 14.4 Å². The number of hydrogen-bond acceptors (Lipinski definition) is 5. The molecule has 2 aromatic carbocycles. The van der Waals surface area contributed by atoms with Crippen molar-refractivity contribution >= 4 is 45.3 Å². The van der Waals surface area contributed by atoms with E-state index in [1.54, 1.807) is 6.07 Å². The summed E-state index contributed by atoms with van der Waals surface area (Å²) >= 11 is 0. The van der Waals surface area contributed by atoms with Gasteiger partial charge in [0.25, 0.3) is 0 Å². The van der Waals surface area contributed by atoms with E-state index in [9.17, 15) is 14.4 Å². The zero-order valence-corrected chi connectivity index (χ0v) is 16.4. The van der Waals surface area contributed by atoms with E-state index in [0.717, 1.165) is 21.3 Å². The summed E-state index contributed by atoms with van der Waals surface area (Å²) in [5.41, 5.74) is 1.77. The second-order valence-corrected chi connectivity index (χ2v) is 7.61. The van der Waals surface area contributed by atoms with Crippen molar-refractivity contribution in [2.24, 2.45) is 11.8 Å². The van der Waals surface area contributed by atoms with Gasteiger partial charge in [0.15, 0.2) is 0 Å². The Bertz CT molecular complexity index is 1200. The molecule has 152 valence electrons. The monoisotopic (exact) mass is 404 g/mol. The second kappa shape index (κ2) is 7.02. The molecule has 0 spiro atoms. The number of anilines is 1. The Labute approximate surface area is 172 Å². The van der Waals surface area contributed by atoms with Gasteiger partial charge < -0.3 is 14.5 Å². The van der Waals surface area contributed by atoms with Gasteiger partial charge in [-0.1, -0.05) is 30.4 Å². The number of carbonyl (C=O) groups excluding carboxylic acids is 3. The van der Waals surface area contributed by atoms with Crippen molar-refractivity contribution < 1.29 is 23.5 Å². The summed E-state index contributed by atoms with van der Waals surface area (Å²) < 4.78 is 11.3. The number of carbonyl (C=O) groups is 3. The third kappa shape index (κ3) is 2.85. The molecule has 30 heavy (non-hydrogen) atoms. The molecule has 1 aliphatic carbocycles. The predicted molar refractivity (Wildman–Crippen MR) is 111 cm³/mol. The zero-order valence-electron chi connectivity index (χ0n) is 16.4. The predicted octanol–water partition coefficient (Wildman–Crippen LogP) is 3.48. The first-order valence-corrected chi connectivity index (χ1v) is 9.86. The van der Waals surface area contributed by atoms with Crippen molar-refractivity contribution in [1.82, 2.24) is 4.90 Å². The van der Waals surface area contributed by atoms with Gasteiger partial charge in [-0.2, -0.15) is 0 Å². The summed E-state index contributed by atoms with van der Waals surface area (Å²) in [5.74, 6) is -1.24. The van der Waals surface area contributed by atoms with E-state index in [1.807, 2.05) is 42.5 Å². The highest BCUT2D eigenvalue weighted by molar-refractivity contribution is 6.10. The third-order valence-electron chi connectivity index (χ3n) is 5.87. The van der Waals surface area contributed by atoms with Crippen LogP contribution in [0.2, 0.25) is 0 Å². The van der Waals surface area contributed by atoms with E-state index in [0.29, 0.717) is 29.9 Å². The number of benzene rings is 2. The van der Waals surface area contributed by atoms with E-state index in [4.69, 9.17) is 9.15 Å². The number of amides is 3. The van der Waals surface area contributed by atoms with Crippen molar-refractivity contribution in [3.63, 3.8) is 0 Å². The molecule has 5 rings (SSSR count). The number of imide groups is 1. The van der Waals surface area contributed by atoms with Crippen LogP contribution >= 0.6 is 0 Å². The molecule has 0 radical (unpaired) electrons. The van der Waals surface area contributed by atoms with Crippen LogP contribution in [0.25, 0.3) is 21.9 Å². The third-order valence-corrected chi connectivity index (χ3v) is 5.87. The molecule has 1 aliphatic heterocycles. The Morgan fingerprint density at radius 3 is 2.47 bits per heavy atom. The Hall–Kier alpha value is -3.61. The normalized spacial score (nSPS) is 20.8. The number of fused-ring (bicyclic) bond motifs is 4. The first-order chi connectivity index (χ1) is 14.6. The van der Waals surface area contributed by atoms with Gasteiger partial charge in [-0.3, -0.25) is 19.3 Å². The van der Waals surface area contributed by atoms with Crippen molar-refractivity contribution in [3.8, 4) is 5.75 Å². The molecule has 0 saturated carbocycles. The van der Waals surface area contributed by atoms with Gasteiger partial charge in [-0.05, 0) is 25.0 Å². The number of para-hydroxylation sites is 1. The van der Waals surface area contributed by atoms with Crippen LogP contribution in [0, 0.1) is 11.8 Å². The smallest absolute Gasteiger partial charge is 0.244 e. The lowest BCUT2D eigenvalue weighted by atomic mass is 9.85. The zero-order chi connectivity index (χ0) is 20.8. The van der Waals surface area contributed by atoms with Crippen LogP contribution in [-0.4, -0.2) is 36.3 Å². The summed E-state index contributed by atoms with van der Waals surface area (Å²) in [4.78, 5) is 38.9. The number of allylic oxidation sites excluding steroid dienone is 2. The first kappa shape index (κ1) is 18.4.